The Labute approximate surface area is 184 Å². The van der Waals surface area contributed by atoms with E-state index in [9.17, 15) is 14.4 Å². The molecule has 3 aromatic rings. The zero-order valence-corrected chi connectivity index (χ0v) is 18.6. The lowest BCUT2D eigenvalue weighted by molar-refractivity contribution is -0.118. The third kappa shape index (κ3) is 5.03. The Morgan fingerprint density at radius 2 is 1.74 bits per heavy atom. The second-order valence-corrected chi connectivity index (χ2v) is 7.97. The summed E-state index contributed by atoms with van der Waals surface area (Å²) >= 11 is 1.22. The molecule has 0 saturated heterocycles. The monoisotopic (exact) mass is 440 g/mol. The number of hydrogen-bond donors (Lipinski definition) is 2. The van der Waals surface area contributed by atoms with Crippen LogP contribution in [0.5, 0.6) is 5.75 Å². The first-order valence-corrected chi connectivity index (χ1v) is 10.6. The van der Waals surface area contributed by atoms with E-state index in [1.54, 1.807) is 13.0 Å². The molecule has 0 aliphatic heterocycles. The van der Waals surface area contributed by atoms with Crippen LogP contribution in [0.3, 0.4) is 0 Å². The molecule has 1 heterocycles. The molecular weight excluding hydrogens is 416 g/mol. The number of anilines is 2. The number of esters is 1. The second kappa shape index (κ2) is 9.61. The van der Waals surface area contributed by atoms with Gasteiger partial charge in [0.1, 0.15) is 16.3 Å². The van der Waals surface area contributed by atoms with Crippen molar-refractivity contribution in [2.75, 3.05) is 23.8 Å². The zero-order valence-electron chi connectivity index (χ0n) is 17.8. The van der Waals surface area contributed by atoms with Crippen LogP contribution >= 0.6 is 11.3 Å². The lowest BCUT2D eigenvalue weighted by Crippen LogP contribution is -2.20. The highest BCUT2D eigenvalue weighted by Gasteiger charge is 2.24. The summed E-state index contributed by atoms with van der Waals surface area (Å²) in [6.07, 6.45) is 0. The number of carbonyl (C=O) groups excluding carboxylic acids is 3. The van der Waals surface area contributed by atoms with E-state index in [1.807, 2.05) is 44.2 Å². The van der Waals surface area contributed by atoms with Crippen LogP contribution in [-0.4, -0.2) is 31.0 Å². The standard InChI is InChI=1S/C23H24N2O5S/c1-5-29-23(28)19-16-11-10-14(3)20(21(16)31-22(19)24-15(4)26)30-12-18(27)25-17-9-7-6-8-13(17)2/h6-11H,5,12H2,1-4H3,(H,24,26)(H,25,27). The van der Waals surface area contributed by atoms with Crippen molar-refractivity contribution in [2.24, 2.45) is 0 Å². The SMILES string of the molecule is CCOC(=O)c1c(NC(C)=O)sc2c(OCC(=O)Nc3ccccc3C)c(C)ccc12. The number of nitrogens with one attached hydrogen (secondary N) is 2. The molecule has 0 saturated carbocycles. The lowest BCUT2D eigenvalue weighted by atomic mass is 10.1. The van der Waals surface area contributed by atoms with E-state index >= 15 is 0 Å². The fourth-order valence-corrected chi connectivity index (χ4v) is 4.39. The van der Waals surface area contributed by atoms with Gasteiger partial charge < -0.3 is 20.1 Å². The molecule has 162 valence electrons. The van der Waals surface area contributed by atoms with Gasteiger partial charge in [-0.25, -0.2) is 4.79 Å². The van der Waals surface area contributed by atoms with Crippen molar-refractivity contribution in [2.45, 2.75) is 27.7 Å². The van der Waals surface area contributed by atoms with Crippen LogP contribution in [0.25, 0.3) is 10.1 Å². The van der Waals surface area contributed by atoms with Crippen molar-refractivity contribution in [3.63, 3.8) is 0 Å². The summed E-state index contributed by atoms with van der Waals surface area (Å²) in [5, 5.41) is 6.52. The maximum atomic E-state index is 12.5. The van der Waals surface area contributed by atoms with Crippen LogP contribution in [0.2, 0.25) is 0 Å². The second-order valence-electron chi connectivity index (χ2n) is 6.95. The number of hydrogen-bond acceptors (Lipinski definition) is 6. The fourth-order valence-electron chi connectivity index (χ4n) is 3.11. The molecule has 2 amide bonds. The number of rotatable bonds is 7. The molecule has 3 rings (SSSR count). The Balaban J connectivity index is 1.92. The van der Waals surface area contributed by atoms with Gasteiger partial charge in [-0.15, -0.1) is 11.3 Å². The highest BCUT2D eigenvalue weighted by Crippen LogP contribution is 2.42. The number of ether oxygens (including phenoxy) is 2. The maximum Gasteiger partial charge on any atom is 0.341 e. The summed E-state index contributed by atoms with van der Waals surface area (Å²) in [7, 11) is 0. The van der Waals surface area contributed by atoms with Crippen molar-refractivity contribution in [1.29, 1.82) is 0 Å². The Morgan fingerprint density at radius 1 is 1.00 bits per heavy atom. The lowest BCUT2D eigenvalue weighted by Gasteiger charge is -2.12. The van der Waals surface area contributed by atoms with Gasteiger partial charge in [0, 0.05) is 18.0 Å². The van der Waals surface area contributed by atoms with Crippen LogP contribution in [0, 0.1) is 13.8 Å². The molecule has 0 fully saturated rings. The van der Waals surface area contributed by atoms with E-state index < -0.39 is 5.97 Å². The van der Waals surface area contributed by atoms with Crippen molar-refractivity contribution in [3.8, 4) is 5.75 Å². The third-order valence-electron chi connectivity index (χ3n) is 4.55. The van der Waals surface area contributed by atoms with Crippen LogP contribution in [0.4, 0.5) is 10.7 Å². The minimum atomic E-state index is -0.524. The summed E-state index contributed by atoms with van der Waals surface area (Å²) in [4.78, 5) is 36.6. The van der Waals surface area contributed by atoms with Gasteiger partial charge in [-0.2, -0.15) is 0 Å². The van der Waals surface area contributed by atoms with Gasteiger partial charge in [-0.1, -0.05) is 30.3 Å². The minimum Gasteiger partial charge on any atom is -0.482 e. The number of para-hydroxylation sites is 1. The van der Waals surface area contributed by atoms with Crippen LogP contribution in [0.1, 0.15) is 35.3 Å². The molecule has 7 nitrogen and oxygen atoms in total. The first-order valence-electron chi connectivity index (χ1n) is 9.80. The van der Waals surface area contributed by atoms with Gasteiger partial charge in [0.25, 0.3) is 5.91 Å². The van der Waals surface area contributed by atoms with E-state index in [1.165, 1.54) is 18.3 Å². The van der Waals surface area contributed by atoms with Gasteiger partial charge >= 0.3 is 5.97 Å². The highest BCUT2D eigenvalue weighted by atomic mass is 32.1. The summed E-state index contributed by atoms with van der Waals surface area (Å²) in [6, 6.07) is 11.1. The van der Waals surface area contributed by atoms with Crippen molar-refractivity contribution < 1.29 is 23.9 Å². The topological polar surface area (TPSA) is 93.7 Å². The summed E-state index contributed by atoms with van der Waals surface area (Å²) in [5.74, 6) is -0.627. The first-order chi connectivity index (χ1) is 14.8. The molecule has 31 heavy (non-hydrogen) atoms. The van der Waals surface area contributed by atoms with E-state index in [4.69, 9.17) is 9.47 Å². The molecule has 0 bridgehead atoms. The Morgan fingerprint density at radius 3 is 2.42 bits per heavy atom. The molecule has 0 radical (unpaired) electrons. The largest absolute Gasteiger partial charge is 0.482 e. The van der Waals surface area contributed by atoms with Crippen molar-refractivity contribution in [1.82, 2.24) is 0 Å². The van der Waals surface area contributed by atoms with Crippen molar-refractivity contribution >= 4 is 49.9 Å². The predicted molar refractivity (Wildman–Crippen MR) is 122 cm³/mol. The summed E-state index contributed by atoms with van der Waals surface area (Å²) < 4.78 is 11.7. The number of amides is 2. The van der Waals surface area contributed by atoms with E-state index in [0.717, 1.165) is 16.8 Å². The van der Waals surface area contributed by atoms with Gasteiger partial charge in [-0.05, 0) is 38.0 Å². The van der Waals surface area contributed by atoms with E-state index in [2.05, 4.69) is 10.6 Å². The minimum absolute atomic E-state index is 0.198. The van der Waals surface area contributed by atoms with Gasteiger partial charge in [-0.3, -0.25) is 9.59 Å². The average Bonchev–Trinajstić information content (AvgIpc) is 3.06. The van der Waals surface area contributed by atoms with Gasteiger partial charge in [0.2, 0.25) is 5.91 Å². The summed E-state index contributed by atoms with van der Waals surface area (Å²) in [6.45, 7) is 6.87. The van der Waals surface area contributed by atoms with Crippen molar-refractivity contribution in [3.05, 3.63) is 53.1 Å². The van der Waals surface area contributed by atoms with Gasteiger partial charge in [0.05, 0.1) is 11.3 Å². The molecule has 2 aromatic carbocycles. The third-order valence-corrected chi connectivity index (χ3v) is 5.67. The molecule has 0 atom stereocenters. The summed E-state index contributed by atoms with van der Waals surface area (Å²) in [5.41, 5.74) is 2.76. The number of fused-ring (bicyclic) bond motifs is 1. The van der Waals surface area contributed by atoms with Gasteiger partial charge in [0.15, 0.2) is 6.61 Å². The average molecular weight is 441 g/mol. The Hall–Kier alpha value is -3.39. The number of aryl methyl sites for hydroxylation is 2. The molecular formula is C23H24N2O5S. The Bertz CT molecular complexity index is 1150. The van der Waals surface area contributed by atoms with E-state index in [0.29, 0.717) is 20.8 Å². The number of benzene rings is 2. The predicted octanol–water partition coefficient (Wildman–Crippen LogP) is 4.67. The maximum absolute atomic E-state index is 12.5. The fraction of sp³-hybridized carbons (Fsp3) is 0.261. The molecule has 1 aromatic heterocycles. The number of carbonyl (C=O) groups is 3. The Kier molecular flexibility index (Phi) is 6.91. The molecule has 2 N–H and O–H groups in total. The van der Waals surface area contributed by atoms with Crippen LogP contribution in [0.15, 0.2) is 36.4 Å². The first kappa shape index (κ1) is 22.3. The molecule has 8 heteroatoms. The normalized spacial score (nSPS) is 10.6. The molecule has 0 aliphatic rings. The molecule has 0 aliphatic carbocycles. The zero-order chi connectivity index (χ0) is 22.5. The molecule has 0 spiro atoms. The van der Waals surface area contributed by atoms with E-state index in [-0.39, 0.29) is 30.6 Å². The smallest absolute Gasteiger partial charge is 0.341 e. The highest BCUT2D eigenvalue weighted by molar-refractivity contribution is 7.24. The molecule has 0 unspecified atom stereocenters. The van der Waals surface area contributed by atoms with Crippen LogP contribution < -0.4 is 15.4 Å². The van der Waals surface area contributed by atoms with Crippen LogP contribution in [-0.2, 0) is 14.3 Å². The quantitative estimate of drug-likeness (QED) is 0.521. The number of thiophene rings is 1.